The van der Waals surface area contributed by atoms with Crippen LogP contribution in [0.25, 0.3) is 0 Å². The van der Waals surface area contributed by atoms with E-state index in [1.807, 2.05) is 0 Å². The van der Waals surface area contributed by atoms with Gasteiger partial charge in [0, 0.05) is 6.07 Å². The van der Waals surface area contributed by atoms with Gasteiger partial charge < -0.3 is 4.74 Å². The van der Waals surface area contributed by atoms with E-state index in [4.69, 9.17) is 4.74 Å². The number of hydrogen-bond donors (Lipinski definition) is 0. The van der Waals surface area contributed by atoms with Crippen LogP contribution in [0.3, 0.4) is 0 Å². The third kappa shape index (κ3) is 2.61. The Morgan fingerprint density at radius 2 is 1.87 bits per heavy atom. The Morgan fingerprint density at radius 3 is 2.27 bits per heavy atom. The van der Waals surface area contributed by atoms with Crippen LogP contribution in [0.1, 0.15) is 31.0 Å². The van der Waals surface area contributed by atoms with E-state index in [-0.39, 0.29) is 17.5 Å². The molecule has 84 valence electrons. The van der Waals surface area contributed by atoms with Gasteiger partial charge >= 0.3 is 6.18 Å². The first-order chi connectivity index (χ1) is 6.86. The Morgan fingerprint density at radius 1 is 1.27 bits per heavy atom. The topological polar surface area (TPSA) is 22.1 Å². The largest absolute Gasteiger partial charge is 0.481 e. The summed E-state index contributed by atoms with van der Waals surface area (Å²) in [7, 11) is 1.37. The standard InChI is InChI=1S/C10H12F3NO/c1-6(2)9-7(10(11,12)13)4-5-8(14-9)15-3/h4-6H,1-3H3. The van der Waals surface area contributed by atoms with Gasteiger partial charge in [-0.15, -0.1) is 0 Å². The molecular weight excluding hydrogens is 207 g/mol. The maximum Gasteiger partial charge on any atom is 0.418 e. The molecule has 0 saturated heterocycles. The van der Waals surface area contributed by atoms with Crippen molar-refractivity contribution < 1.29 is 17.9 Å². The minimum Gasteiger partial charge on any atom is -0.481 e. The maximum absolute atomic E-state index is 12.6. The number of ether oxygens (including phenoxy) is 1. The summed E-state index contributed by atoms with van der Waals surface area (Å²) in [6.07, 6.45) is -4.36. The van der Waals surface area contributed by atoms with Crippen LogP contribution in [0.4, 0.5) is 13.2 Å². The van der Waals surface area contributed by atoms with Gasteiger partial charge in [0.05, 0.1) is 18.4 Å². The van der Waals surface area contributed by atoms with Crippen LogP contribution in [0.15, 0.2) is 12.1 Å². The zero-order valence-electron chi connectivity index (χ0n) is 8.72. The second-order valence-corrected chi connectivity index (χ2v) is 3.44. The zero-order valence-corrected chi connectivity index (χ0v) is 8.72. The Bertz CT molecular complexity index is 347. The van der Waals surface area contributed by atoms with Crippen molar-refractivity contribution in [2.75, 3.05) is 7.11 Å². The van der Waals surface area contributed by atoms with Crippen molar-refractivity contribution in [3.05, 3.63) is 23.4 Å². The lowest BCUT2D eigenvalue weighted by Gasteiger charge is -2.15. The van der Waals surface area contributed by atoms with Gasteiger partial charge in [0.15, 0.2) is 0 Å². The van der Waals surface area contributed by atoms with Gasteiger partial charge in [0.1, 0.15) is 0 Å². The van der Waals surface area contributed by atoms with Crippen molar-refractivity contribution >= 4 is 0 Å². The Balaban J connectivity index is 3.28. The molecule has 0 radical (unpaired) electrons. The summed E-state index contributed by atoms with van der Waals surface area (Å²) in [5, 5.41) is 0. The van der Waals surface area contributed by atoms with Crippen LogP contribution in [0, 0.1) is 0 Å². The van der Waals surface area contributed by atoms with Crippen molar-refractivity contribution in [3.8, 4) is 5.88 Å². The molecule has 0 aliphatic heterocycles. The summed E-state index contributed by atoms with van der Waals surface area (Å²) in [5.41, 5.74) is -0.680. The Labute approximate surface area is 86.1 Å². The summed E-state index contributed by atoms with van der Waals surface area (Å²) in [4.78, 5) is 3.81. The lowest BCUT2D eigenvalue weighted by molar-refractivity contribution is -0.138. The fourth-order valence-corrected chi connectivity index (χ4v) is 1.25. The van der Waals surface area contributed by atoms with Crippen LogP contribution in [0.2, 0.25) is 0 Å². The average molecular weight is 219 g/mol. The summed E-state index contributed by atoms with van der Waals surface area (Å²) in [6, 6.07) is 2.22. The number of rotatable bonds is 2. The van der Waals surface area contributed by atoms with E-state index >= 15 is 0 Å². The third-order valence-electron chi connectivity index (χ3n) is 1.96. The van der Waals surface area contributed by atoms with Gasteiger partial charge in [-0.05, 0) is 12.0 Å². The van der Waals surface area contributed by atoms with Gasteiger partial charge in [0.2, 0.25) is 5.88 Å². The molecule has 0 aliphatic carbocycles. The molecule has 1 aromatic heterocycles. The number of halogens is 3. The molecule has 0 spiro atoms. The highest BCUT2D eigenvalue weighted by atomic mass is 19.4. The summed E-state index contributed by atoms with van der Waals surface area (Å²) in [5.74, 6) is -0.0941. The molecule has 0 aliphatic rings. The zero-order chi connectivity index (χ0) is 11.6. The molecule has 0 atom stereocenters. The first-order valence-electron chi connectivity index (χ1n) is 4.48. The van der Waals surface area contributed by atoms with Gasteiger partial charge in [-0.25, -0.2) is 4.98 Å². The predicted molar refractivity (Wildman–Crippen MR) is 49.9 cm³/mol. The molecule has 0 bridgehead atoms. The number of nitrogens with zero attached hydrogens (tertiary/aromatic N) is 1. The molecule has 2 nitrogen and oxygen atoms in total. The van der Waals surface area contributed by atoms with E-state index in [2.05, 4.69) is 4.98 Å². The van der Waals surface area contributed by atoms with E-state index in [1.165, 1.54) is 13.2 Å². The molecule has 0 amide bonds. The van der Waals surface area contributed by atoms with Gasteiger partial charge in [-0.2, -0.15) is 13.2 Å². The van der Waals surface area contributed by atoms with Crippen molar-refractivity contribution in [3.63, 3.8) is 0 Å². The Hall–Kier alpha value is -1.26. The highest BCUT2D eigenvalue weighted by Gasteiger charge is 2.34. The van der Waals surface area contributed by atoms with Crippen molar-refractivity contribution in [2.24, 2.45) is 0 Å². The molecule has 5 heteroatoms. The molecule has 0 N–H and O–H groups in total. The highest BCUT2D eigenvalue weighted by Crippen LogP contribution is 2.35. The molecule has 1 aromatic rings. The predicted octanol–water partition coefficient (Wildman–Crippen LogP) is 3.23. The van der Waals surface area contributed by atoms with Crippen molar-refractivity contribution in [2.45, 2.75) is 25.9 Å². The third-order valence-corrected chi connectivity index (χ3v) is 1.96. The van der Waals surface area contributed by atoms with Crippen LogP contribution in [-0.4, -0.2) is 12.1 Å². The summed E-state index contributed by atoms with van der Waals surface area (Å²) < 4.78 is 42.5. The lowest BCUT2D eigenvalue weighted by Crippen LogP contribution is -2.12. The van der Waals surface area contributed by atoms with Crippen LogP contribution < -0.4 is 4.74 Å². The van der Waals surface area contributed by atoms with Crippen LogP contribution >= 0.6 is 0 Å². The fourth-order valence-electron chi connectivity index (χ4n) is 1.25. The molecule has 1 rings (SSSR count). The van der Waals surface area contributed by atoms with Crippen LogP contribution in [-0.2, 0) is 6.18 Å². The first-order valence-corrected chi connectivity index (χ1v) is 4.48. The second kappa shape index (κ2) is 4.08. The van der Waals surface area contributed by atoms with Gasteiger partial charge in [0.25, 0.3) is 0 Å². The first kappa shape index (κ1) is 11.8. The van der Waals surface area contributed by atoms with Gasteiger partial charge in [-0.3, -0.25) is 0 Å². The van der Waals surface area contributed by atoms with E-state index < -0.39 is 11.7 Å². The van der Waals surface area contributed by atoms with Crippen molar-refractivity contribution in [1.82, 2.24) is 4.98 Å². The number of hydrogen-bond acceptors (Lipinski definition) is 2. The van der Waals surface area contributed by atoms with E-state index in [9.17, 15) is 13.2 Å². The maximum atomic E-state index is 12.6. The normalized spacial score (nSPS) is 11.9. The quantitative estimate of drug-likeness (QED) is 0.761. The van der Waals surface area contributed by atoms with E-state index in [1.54, 1.807) is 13.8 Å². The Kier molecular flexibility index (Phi) is 3.21. The lowest BCUT2D eigenvalue weighted by atomic mass is 10.0. The second-order valence-electron chi connectivity index (χ2n) is 3.44. The smallest absolute Gasteiger partial charge is 0.418 e. The average Bonchev–Trinajstić information content (AvgIpc) is 2.15. The summed E-state index contributed by atoms with van der Waals surface area (Å²) >= 11 is 0. The van der Waals surface area contributed by atoms with E-state index in [0.717, 1.165) is 6.07 Å². The van der Waals surface area contributed by atoms with Gasteiger partial charge in [-0.1, -0.05) is 13.8 Å². The molecule has 1 heterocycles. The minimum absolute atomic E-state index is 0.0156. The SMILES string of the molecule is COc1ccc(C(F)(F)F)c(C(C)C)n1. The molecule has 0 unspecified atom stereocenters. The van der Waals surface area contributed by atoms with Crippen LogP contribution in [0.5, 0.6) is 5.88 Å². The highest BCUT2D eigenvalue weighted by molar-refractivity contribution is 5.30. The molecule has 0 fully saturated rings. The monoisotopic (exact) mass is 219 g/mol. The molecule has 15 heavy (non-hydrogen) atoms. The number of pyridine rings is 1. The number of aromatic nitrogens is 1. The number of alkyl halides is 3. The molecular formula is C10H12F3NO. The fraction of sp³-hybridized carbons (Fsp3) is 0.500. The van der Waals surface area contributed by atoms with E-state index in [0.29, 0.717) is 0 Å². The molecule has 0 aromatic carbocycles. The summed E-state index contributed by atoms with van der Waals surface area (Å²) in [6.45, 7) is 3.33. The molecule has 0 saturated carbocycles. The minimum atomic E-state index is -4.36. The van der Waals surface area contributed by atoms with Crippen molar-refractivity contribution in [1.29, 1.82) is 0 Å². The number of methoxy groups -OCH3 is 1.